The maximum Gasteiger partial charge on any atom is 0.407 e. The first kappa shape index (κ1) is 22.3. The maximum absolute atomic E-state index is 11.6. The lowest BCUT2D eigenvalue weighted by atomic mass is 10.1. The molecule has 0 aliphatic heterocycles. The predicted molar refractivity (Wildman–Crippen MR) is 115 cm³/mol. The van der Waals surface area contributed by atoms with Gasteiger partial charge in [-0.25, -0.2) is 9.78 Å². The lowest BCUT2D eigenvalue weighted by Gasteiger charge is -2.19. The maximum atomic E-state index is 11.6. The second-order valence-electron chi connectivity index (χ2n) is 7.69. The quantitative estimate of drug-likeness (QED) is 0.360. The van der Waals surface area contributed by atoms with Crippen molar-refractivity contribution in [3.63, 3.8) is 0 Å². The van der Waals surface area contributed by atoms with Gasteiger partial charge in [0.05, 0.1) is 6.33 Å². The number of ether oxygens (including phenoxy) is 1. The monoisotopic (exact) mass is 400 g/mol. The van der Waals surface area contributed by atoms with E-state index in [0.29, 0.717) is 19.6 Å². The zero-order valence-corrected chi connectivity index (χ0v) is 17.7. The van der Waals surface area contributed by atoms with Gasteiger partial charge in [-0.2, -0.15) is 0 Å². The molecule has 0 fully saturated rings. The van der Waals surface area contributed by atoms with Crippen molar-refractivity contribution in [2.75, 3.05) is 20.1 Å². The Bertz CT molecular complexity index is 763. The number of carbonyl (C=O) groups excluding carboxylic acids is 1. The first-order valence-corrected chi connectivity index (χ1v) is 9.80. The summed E-state index contributed by atoms with van der Waals surface area (Å²) in [6.45, 7) is 8.26. The van der Waals surface area contributed by atoms with Crippen molar-refractivity contribution in [1.82, 2.24) is 25.5 Å². The minimum Gasteiger partial charge on any atom is -0.444 e. The van der Waals surface area contributed by atoms with Crippen molar-refractivity contribution in [3.05, 3.63) is 54.1 Å². The molecule has 1 aromatic heterocycles. The Morgan fingerprint density at radius 3 is 2.41 bits per heavy atom. The molecule has 2 rings (SSSR count). The molecule has 1 aromatic carbocycles. The molecule has 0 bridgehead atoms. The zero-order chi connectivity index (χ0) is 21.1. The van der Waals surface area contributed by atoms with Crippen LogP contribution >= 0.6 is 0 Å². The van der Waals surface area contributed by atoms with Crippen LogP contribution in [0, 0.1) is 0 Å². The average Bonchev–Trinajstić information content (AvgIpc) is 3.17. The highest BCUT2D eigenvalue weighted by molar-refractivity contribution is 5.79. The smallest absolute Gasteiger partial charge is 0.407 e. The molecule has 0 spiro atoms. The number of guanidine groups is 1. The molecule has 158 valence electrons. The molecule has 1 amide bonds. The summed E-state index contributed by atoms with van der Waals surface area (Å²) in [6.07, 6.45) is 5.92. The number of alkyl carbamates (subject to hydrolysis) is 1. The standard InChI is InChI=1S/C21H32N6O2/c1-21(2,3)29-20(28)25-11-5-10-24-19(22-4)26-14-17-6-8-18(9-7-17)15-27-13-12-23-16-27/h6-9,12-13,16H,5,10-11,14-15H2,1-4H3,(H,25,28)(H2,22,24,26). The van der Waals surface area contributed by atoms with Gasteiger partial charge in [0.15, 0.2) is 5.96 Å². The van der Waals surface area contributed by atoms with Crippen molar-refractivity contribution in [2.45, 2.75) is 45.9 Å². The molecule has 8 nitrogen and oxygen atoms in total. The summed E-state index contributed by atoms with van der Waals surface area (Å²) in [5, 5.41) is 9.27. The van der Waals surface area contributed by atoms with E-state index in [9.17, 15) is 4.79 Å². The van der Waals surface area contributed by atoms with Crippen LogP contribution in [0.4, 0.5) is 4.79 Å². The summed E-state index contributed by atoms with van der Waals surface area (Å²) in [4.78, 5) is 19.9. The van der Waals surface area contributed by atoms with Crippen molar-refractivity contribution < 1.29 is 9.53 Å². The number of benzene rings is 1. The number of aromatic nitrogens is 2. The molecule has 8 heteroatoms. The van der Waals surface area contributed by atoms with E-state index in [1.54, 1.807) is 13.2 Å². The van der Waals surface area contributed by atoms with Crippen LogP contribution in [0.25, 0.3) is 0 Å². The van der Waals surface area contributed by atoms with Crippen molar-refractivity contribution in [3.8, 4) is 0 Å². The van der Waals surface area contributed by atoms with Gasteiger partial charge in [0.25, 0.3) is 0 Å². The lowest BCUT2D eigenvalue weighted by Crippen LogP contribution is -2.39. The van der Waals surface area contributed by atoms with Crippen molar-refractivity contribution in [2.24, 2.45) is 4.99 Å². The minimum absolute atomic E-state index is 0.392. The van der Waals surface area contributed by atoms with Crippen LogP contribution in [0.2, 0.25) is 0 Å². The summed E-state index contributed by atoms with van der Waals surface area (Å²) in [5.41, 5.74) is 1.92. The Labute approximate surface area is 172 Å². The van der Waals surface area contributed by atoms with Gasteiger partial charge in [-0.05, 0) is 38.3 Å². The summed E-state index contributed by atoms with van der Waals surface area (Å²) < 4.78 is 7.24. The molecule has 0 saturated heterocycles. The van der Waals surface area contributed by atoms with Gasteiger partial charge in [-0.3, -0.25) is 4.99 Å². The van der Waals surface area contributed by atoms with Crippen LogP contribution in [0.5, 0.6) is 0 Å². The Kier molecular flexibility index (Phi) is 8.51. The molecule has 2 aromatic rings. The van der Waals surface area contributed by atoms with Gasteiger partial charge in [0.2, 0.25) is 0 Å². The summed E-state index contributed by atoms with van der Waals surface area (Å²) in [6, 6.07) is 8.46. The Morgan fingerprint density at radius 1 is 1.10 bits per heavy atom. The topological polar surface area (TPSA) is 92.6 Å². The van der Waals surface area contributed by atoms with Crippen LogP contribution in [0.15, 0.2) is 48.0 Å². The van der Waals surface area contributed by atoms with Crippen molar-refractivity contribution in [1.29, 1.82) is 0 Å². The molecule has 3 N–H and O–H groups in total. The van der Waals surface area contributed by atoms with Crippen LogP contribution in [0.3, 0.4) is 0 Å². The fraction of sp³-hybridized carbons (Fsp3) is 0.476. The van der Waals surface area contributed by atoms with Gasteiger partial charge in [0.1, 0.15) is 5.60 Å². The van der Waals surface area contributed by atoms with Crippen LogP contribution in [-0.4, -0.2) is 47.3 Å². The first-order chi connectivity index (χ1) is 13.9. The normalized spacial score (nSPS) is 11.8. The molecule has 0 saturated carbocycles. The third-order valence-corrected chi connectivity index (χ3v) is 3.95. The molecule has 0 unspecified atom stereocenters. The van der Waals surface area contributed by atoms with E-state index in [0.717, 1.165) is 18.9 Å². The number of rotatable bonds is 8. The van der Waals surface area contributed by atoms with E-state index in [-0.39, 0.29) is 0 Å². The Balaban J connectivity index is 1.64. The SMILES string of the molecule is CN=C(NCCCNC(=O)OC(C)(C)C)NCc1ccc(Cn2ccnc2)cc1. The number of amides is 1. The van der Waals surface area contributed by atoms with Crippen LogP contribution < -0.4 is 16.0 Å². The number of carbonyl (C=O) groups is 1. The summed E-state index contributed by atoms with van der Waals surface area (Å²) >= 11 is 0. The van der Waals surface area contributed by atoms with Gasteiger partial charge in [0, 0.05) is 45.6 Å². The van der Waals surface area contributed by atoms with E-state index < -0.39 is 11.7 Å². The Hall–Kier alpha value is -3.03. The number of hydrogen-bond acceptors (Lipinski definition) is 4. The molecule has 29 heavy (non-hydrogen) atoms. The van der Waals surface area contributed by atoms with E-state index in [2.05, 4.69) is 50.2 Å². The minimum atomic E-state index is -0.480. The van der Waals surface area contributed by atoms with Gasteiger partial charge >= 0.3 is 6.09 Å². The van der Waals surface area contributed by atoms with Gasteiger partial charge < -0.3 is 25.3 Å². The van der Waals surface area contributed by atoms with Crippen LogP contribution in [-0.2, 0) is 17.8 Å². The lowest BCUT2D eigenvalue weighted by molar-refractivity contribution is 0.0527. The fourth-order valence-electron chi connectivity index (χ4n) is 2.56. The third-order valence-electron chi connectivity index (χ3n) is 3.95. The largest absolute Gasteiger partial charge is 0.444 e. The van der Waals surface area contributed by atoms with Gasteiger partial charge in [-0.15, -0.1) is 0 Å². The number of nitrogens with zero attached hydrogens (tertiary/aromatic N) is 3. The predicted octanol–water partition coefficient (Wildman–Crippen LogP) is 2.51. The fourth-order valence-corrected chi connectivity index (χ4v) is 2.56. The highest BCUT2D eigenvalue weighted by atomic mass is 16.6. The van der Waals surface area contributed by atoms with E-state index >= 15 is 0 Å². The average molecular weight is 401 g/mol. The van der Waals surface area contributed by atoms with E-state index in [4.69, 9.17) is 4.74 Å². The Morgan fingerprint density at radius 2 is 1.79 bits per heavy atom. The third kappa shape index (κ3) is 9.14. The van der Waals surface area contributed by atoms with E-state index in [1.165, 1.54) is 11.1 Å². The number of hydrogen-bond donors (Lipinski definition) is 3. The second-order valence-corrected chi connectivity index (χ2v) is 7.69. The molecule has 0 radical (unpaired) electrons. The second kappa shape index (κ2) is 11.1. The number of imidazole rings is 1. The first-order valence-electron chi connectivity index (χ1n) is 9.80. The van der Waals surface area contributed by atoms with E-state index in [1.807, 2.05) is 37.9 Å². The zero-order valence-electron chi connectivity index (χ0n) is 17.7. The van der Waals surface area contributed by atoms with Crippen molar-refractivity contribution >= 4 is 12.1 Å². The summed E-state index contributed by atoms with van der Waals surface area (Å²) in [5.74, 6) is 0.727. The highest BCUT2D eigenvalue weighted by Gasteiger charge is 2.15. The molecule has 0 aliphatic carbocycles. The van der Waals surface area contributed by atoms with Gasteiger partial charge in [-0.1, -0.05) is 24.3 Å². The molecular weight excluding hydrogens is 368 g/mol. The molecular formula is C21H32N6O2. The summed E-state index contributed by atoms with van der Waals surface area (Å²) in [7, 11) is 1.74. The highest BCUT2D eigenvalue weighted by Crippen LogP contribution is 2.07. The molecule has 0 atom stereocenters. The number of aliphatic imine (C=N–C) groups is 1. The molecule has 1 heterocycles. The molecule has 0 aliphatic rings. The van der Waals surface area contributed by atoms with Crippen LogP contribution in [0.1, 0.15) is 38.3 Å². The number of nitrogens with one attached hydrogen (secondary N) is 3.